The second-order valence-corrected chi connectivity index (χ2v) is 4.83. The van der Waals surface area contributed by atoms with Crippen molar-refractivity contribution < 1.29 is 18.3 Å². The van der Waals surface area contributed by atoms with Gasteiger partial charge in [-0.1, -0.05) is 30.3 Å². The van der Waals surface area contributed by atoms with Crippen LogP contribution in [0.2, 0.25) is 0 Å². The van der Waals surface area contributed by atoms with Crippen LogP contribution in [0.5, 0.6) is 0 Å². The standard InChI is InChI=1S/C13H14F2O2/c1-12(8-13(14,15)9-12)11(16)17-7-10-5-3-2-4-6-10/h2-6H,7-9H2,1H3. The third-order valence-electron chi connectivity index (χ3n) is 3.00. The number of esters is 1. The SMILES string of the molecule is CC1(C(=O)OCc2ccccc2)CC(F)(F)C1. The molecule has 0 unspecified atom stereocenters. The second-order valence-electron chi connectivity index (χ2n) is 4.83. The Bertz CT molecular complexity index is 407. The van der Waals surface area contributed by atoms with Gasteiger partial charge in [0.1, 0.15) is 6.61 Å². The zero-order valence-electron chi connectivity index (χ0n) is 9.58. The van der Waals surface area contributed by atoms with E-state index in [9.17, 15) is 13.6 Å². The average molecular weight is 240 g/mol. The van der Waals surface area contributed by atoms with Crippen LogP contribution in [0, 0.1) is 5.41 Å². The predicted octanol–water partition coefficient (Wildman–Crippen LogP) is 3.17. The van der Waals surface area contributed by atoms with Gasteiger partial charge < -0.3 is 4.74 Å². The van der Waals surface area contributed by atoms with Crippen molar-refractivity contribution in [3.8, 4) is 0 Å². The lowest BCUT2D eigenvalue weighted by Crippen LogP contribution is -2.49. The van der Waals surface area contributed by atoms with Crippen molar-refractivity contribution in [2.75, 3.05) is 0 Å². The summed E-state index contributed by atoms with van der Waals surface area (Å²) in [5, 5.41) is 0. The minimum Gasteiger partial charge on any atom is -0.460 e. The van der Waals surface area contributed by atoms with E-state index in [0.717, 1.165) is 5.56 Å². The van der Waals surface area contributed by atoms with Gasteiger partial charge in [-0.15, -0.1) is 0 Å². The summed E-state index contributed by atoms with van der Waals surface area (Å²) in [7, 11) is 0. The molecular formula is C13H14F2O2. The number of benzene rings is 1. The van der Waals surface area contributed by atoms with Crippen LogP contribution < -0.4 is 0 Å². The van der Waals surface area contributed by atoms with Gasteiger partial charge in [0.15, 0.2) is 0 Å². The van der Waals surface area contributed by atoms with Crippen LogP contribution in [0.15, 0.2) is 30.3 Å². The van der Waals surface area contributed by atoms with E-state index in [1.165, 1.54) is 6.92 Å². The Morgan fingerprint density at radius 3 is 2.41 bits per heavy atom. The minimum atomic E-state index is -2.71. The molecule has 0 spiro atoms. The van der Waals surface area contributed by atoms with Crippen LogP contribution >= 0.6 is 0 Å². The van der Waals surface area contributed by atoms with Crippen LogP contribution in [0.4, 0.5) is 8.78 Å². The number of rotatable bonds is 3. The molecule has 0 N–H and O–H groups in total. The quantitative estimate of drug-likeness (QED) is 0.758. The van der Waals surface area contributed by atoms with Gasteiger partial charge in [0, 0.05) is 12.8 Å². The van der Waals surface area contributed by atoms with E-state index in [4.69, 9.17) is 4.74 Å². The molecule has 0 aliphatic heterocycles. The summed E-state index contributed by atoms with van der Waals surface area (Å²) in [5.74, 6) is -3.24. The molecule has 0 bridgehead atoms. The molecule has 1 aromatic carbocycles. The minimum absolute atomic E-state index is 0.140. The molecule has 0 radical (unpaired) electrons. The summed E-state index contributed by atoms with van der Waals surface area (Å²) in [6.45, 7) is 1.67. The van der Waals surface area contributed by atoms with Gasteiger partial charge in [-0.3, -0.25) is 4.79 Å². The highest BCUT2D eigenvalue weighted by Gasteiger charge is 2.58. The molecule has 0 saturated heterocycles. The third-order valence-corrected chi connectivity index (χ3v) is 3.00. The van der Waals surface area contributed by atoms with Gasteiger partial charge in [0.2, 0.25) is 5.92 Å². The van der Waals surface area contributed by atoms with E-state index >= 15 is 0 Å². The first-order chi connectivity index (χ1) is 7.91. The monoisotopic (exact) mass is 240 g/mol. The summed E-state index contributed by atoms with van der Waals surface area (Å²) >= 11 is 0. The number of carbonyl (C=O) groups is 1. The molecule has 2 nitrogen and oxygen atoms in total. The van der Waals surface area contributed by atoms with Crippen molar-refractivity contribution in [3.05, 3.63) is 35.9 Å². The molecule has 1 aliphatic rings. The van der Waals surface area contributed by atoms with E-state index in [1.807, 2.05) is 30.3 Å². The van der Waals surface area contributed by atoms with Crippen molar-refractivity contribution in [2.24, 2.45) is 5.41 Å². The van der Waals surface area contributed by atoms with Gasteiger partial charge in [-0.05, 0) is 12.5 Å². The smallest absolute Gasteiger partial charge is 0.312 e. The van der Waals surface area contributed by atoms with Gasteiger partial charge in [-0.2, -0.15) is 0 Å². The Morgan fingerprint density at radius 1 is 1.29 bits per heavy atom. The molecule has 0 aromatic heterocycles. The molecule has 4 heteroatoms. The molecule has 2 rings (SSSR count). The van der Waals surface area contributed by atoms with Gasteiger partial charge >= 0.3 is 5.97 Å². The summed E-state index contributed by atoms with van der Waals surface area (Å²) in [5.41, 5.74) is -0.159. The highest BCUT2D eigenvalue weighted by molar-refractivity contribution is 5.78. The van der Waals surface area contributed by atoms with E-state index in [1.54, 1.807) is 0 Å². The van der Waals surface area contributed by atoms with Crippen LogP contribution in [-0.2, 0) is 16.1 Å². The van der Waals surface area contributed by atoms with E-state index < -0.39 is 30.1 Å². The Balaban J connectivity index is 1.87. The molecule has 1 fully saturated rings. The first-order valence-corrected chi connectivity index (χ1v) is 5.50. The maximum absolute atomic E-state index is 12.7. The predicted molar refractivity (Wildman–Crippen MR) is 58.5 cm³/mol. The third kappa shape index (κ3) is 2.62. The fourth-order valence-corrected chi connectivity index (χ4v) is 2.13. The van der Waals surface area contributed by atoms with E-state index in [0.29, 0.717) is 0 Å². The van der Waals surface area contributed by atoms with Crippen molar-refractivity contribution in [1.29, 1.82) is 0 Å². The maximum Gasteiger partial charge on any atom is 0.312 e. The fraction of sp³-hybridized carbons (Fsp3) is 0.462. The number of carbonyl (C=O) groups excluding carboxylic acids is 1. The van der Waals surface area contributed by atoms with Crippen LogP contribution in [0.25, 0.3) is 0 Å². The summed E-state index contributed by atoms with van der Waals surface area (Å²) < 4.78 is 30.6. The Kier molecular flexibility index (Phi) is 2.89. The molecule has 1 saturated carbocycles. The normalized spacial score (nSPS) is 20.4. The average Bonchev–Trinajstić information content (AvgIpc) is 2.24. The van der Waals surface area contributed by atoms with Crippen LogP contribution in [0.1, 0.15) is 25.3 Å². The lowest BCUT2D eigenvalue weighted by Gasteiger charge is -2.42. The highest BCUT2D eigenvalue weighted by Crippen LogP contribution is 2.52. The fourth-order valence-electron chi connectivity index (χ4n) is 2.13. The molecule has 0 amide bonds. The molecule has 1 aliphatic carbocycles. The Hall–Kier alpha value is -1.45. The highest BCUT2D eigenvalue weighted by atomic mass is 19.3. The molecule has 0 heterocycles. The first kappa shape index (κ1) is 12.0. The number of hydrogen-bond acceptors (Lipinski definition) is 2. The molecule has 0 atom stereocenters. The lowest BCUT2D eigenvalue weighted by molar-refractivity contribution is -0.195. The Morgan fingerprint density at radius 2 is 1.88 bits per heavy atom. The molecule has 17 heavy (non-hydrogen) atoms. The number of ether oxygens (including phenoxy) is 1. The molecular weight excluding hydrogens is 226 g/mol. The van der Waals surface area contributed by atoms with Crippen molar-refractivity contribution >= 4 is 5.97 Å². The summed E-state index contributed by atoms with van der Waals surface area (Å²) in [4.78, 5) is 11.7. The van der Waals surface area contributed by atoms with Crippen molar-refractivity contribution in [3.63, 3.8) is 0 Å². The van der Waals surface area contributed by atoms with Crippen molar-refractivity contribution in [2.45, 2.75) is 32.3 Å². The number of hydrogen-bond donors (Lipinski definition) is 0. The Labute approximate surface area is 98.6 Å². The first-order valence-electron chi connectivity index (χ1n) is 5.50. The zero-order chi connectivity index (χ0) is 12.5. The molecule has 92 valence electrons. The van der Waals surface area contributed by atoms with Gasteiger partial charge in [-0.25, -0.2) is 8.78 Å². The zero-order valence-corrected chi connectivity index (χ0v) is 9.58. The van der Waals surface area contributed by atoms with Gasteiger partial charge in [0.25, 0.3) is 0 Å². The number of halogens is 2. The van der Waals surface area contributed by atoms with E-state index in [-0.39, 0.29) is 6.61 Å². The summed E-state index contributed by atoms with van der Waals surface area (Å²) in [6, 6.07) is 9.18. The van der Waals surface area contributed by atoms with Crippen molar-refractivity contribution in [1.82, 2.24) is 0 Å². The largest absolute Gasteiger partial charge is 0.460 e. The topological polar surface area (TPSA) is 26.3 Å². The van der Waals surface area contributed by atoms with Crippen LogP contribution in [0.3, 0.4) is 0 Å². The second kappa shape index (κ2) is 4.09. The van der Waals surface area contributed by atoms with Crippen LogP contribution in [-0.4, -0.2) is 11.9 Å². The summed E-state index contributed by atoms with van der Waals surface area (Å²) in [6.07, 6.45) is -0.818. The molecule has 1 aromatic rings. The maximum atomic E-state index is 12.7. The van der Waals surface area contributed by atoms with E-state index in [2.05, 4.69) is 0 Å². The lowest BCUT2D eigenvalue weighted by atomic mass is 9.67. The number of alkyl halides is 2. The van der Waals surface area contributed by atoms with Gasteiger partial charge in [0.05, 0.1) is 5.41 Å².